The average molecular weight is 448 g/mol. The zero-order chi connectivity index (χ0) is 21.2. The number of nitrogens with one attached hydrogen (secondary N) is 3. The van der Waals surface area contributed by atoms with E-state index in [1.165, 1.54) is 30.5 Å². The molecule has 9 nitrogen and oxygen atoms in total. The highest BCUT2D eigenvalue weighted by Gasteiger charge is 2.22. The van der Waals surface area contributed by atoms with E-state index in [0.29, 0.717) is 29.8 Å². The number of aliphatic imine (C=N–C) groups is 1. The summed E-state index contributed by atoms with van der Waals surface area (Å²) in [5.41, 5.74) is 0.585. The summed E-state index contributed by atoms with van der Waals surface area (Å²) < 4.78 is 56.2. The van der Waals surface area contributed by atoms with Crippen molar-refractivity contribution in [3.8, 4) is 0 Å². The van der Waals surface area contributed by atoms with Crippen molar-refractivity contribution in [2.45, 2.75) is 35.5 Å². The molecular weight excluding hydrogens is 426 g/mol. The van der Waals surface area contributed by atoms with Gasteiger partial charge in [0.05, 0.1) is 10.6 Å². The summed E-state index contributed by atoms with van der Waals surface area (Å²) >= 11 is 0. The largest absolute Gasteiger partial charge is 0.345 e. The molecule has 30 heavy (non-hydrogen) atoms. The molecule has 2 aromatic heterocycles. The molecule has 3 aromatic rings. The van der Waals surface area contributed by atoms with E-state index >= 15 is 0 Å². The minimum atomic E-state index is -3.95. The predicted octanol–water partition coefficient (Wildman–Crippen LogP) is 2.61. The number of rotatable bonds is 5. The molecule has 1 aliphatic heterocycles. The number of sulfonamides is 2. The number of pyridine rings is 1. The normalized spacial score (nSPS) is 15.4. The highest BCUT2D eigenvalue weighted by atomic mass is 32.2. The van der Waals surface area contributed by atoms with E-state index in [-0.39, 0.29) is 15.5 Å². The molecule has 0 spiro atoms. The van der Waals surface area contributed by atoms with E-state index < -0.39 is 20.0 Å². The van der Waals surface area contributed by atoms with Gasteiger partial charge in [-0.3, -0.25) is 14.4 Å². The van der Waals surface area contributed by atoms with Gasteiger partial charge in [0.15, 0.2) is 0 Å². The molecule has 0 saturated heterocycles. The Labute approximate surface area is 174 Å². The van der Waals surface area contributed by atoms with E-state index in [4.69, 9.17) is 0 Å². The van der Waals surface area contributed by atoms with E-state index in [9.17, 15) is 16.8 Å². The Balaban J connectivity index is 1.59. The van der Waals surface area contributed by atoms with Crippen LogP contribution in [-0.4, -0.2) is 39.2 Å². The first-order chi connectivity index (χ1) is 14.4. The number of amidine groups is 1. The van der Waals surface area contributed by atoms with Gasteiger partial charge < -0.3 is 4.98 Å². The highest BCUT2D eigenvalue weighted by molar-refractivity contribution is 7.93. The van der Waals surface area contributed by atoms with Gasteiger partial charge in [0.25, 0.3) is 20.0 Å². The van der Waals surface area contributed by atoms with Crippen molar-refractivity contribution in [1.82, 2.24) is 14.7 Å². The van der Waals surface area contributed by atoms with E-state index in [2.05, 4.69) is 24.4 Å². The number of nitrogens with zero attached hydrogens (tertiary/aromatic N) is 2. The van der Waals surface area contributed by atoms with Gasteiger partial charge in [-0.15, -0.1) is 0 Å². The highest BCUT2D eigenvalue weighted by Crippen LogP contribution is 2.24. The van der Waals surface area contributed by atoms with Crippen molar-refractivity contribution in [3.05, 3.63) is 48.8 Å². The molecule has 0 saturated carbocycles. The summed E-state index contributed by atoms with van der Waals surface area (Å²) in [4.78, 5) is 11.2. The van der Waals surface area contributed by atoms with Crippen LogP contribution in [0.25, 0.3) is 11.0 Å². The van der Waals surface area contributed by atoms with Crippen molar-refractivity contribution in [2.24, 2.45) is 4.99 Å². The Morgan fingerprint density at radius 1 is 0.933 bits per heavy atom. The third-order valence-electron chi connectivity index (χ3n) is 4.73. The quantitative estimate of drug-likeness (QED) is 0.553. The maximum Gasteiger partial charge on any atom is 0.264 e. The van der Waals surface area contributed by atoms with Crippen LogP contribution in [0.1, 0.15) is 25.7 Å². The van der Waals surface area contributed by atoms with Crippen molar-refractivity contribution >= 4 is 42.6 Å². The summed E-state index contributed by atoms with van der Waals surface area (Å²) in [5, 5.41) is 0.446. The van der Waals surface area contributed by atoms with E-state index in [1.807, 2.05) is 0 Å². The Kier molecular flexibility index (Phi) is 5.48. The summed E-state index contributed by atoms with van der Waals surface area (Å²) in [7, 11) is -7.83. The minimum Gasteiger partial charge on any atom is -0.345 e. The van der Waals surface area contributed by atoms with Crippen LogP contribution in [0.3, 0.4) is 0 Å². The second-order valence-corrected chi connectivity index (χ2v) is 10.3. The molecule has 4 rings (SSSR count). The lowest BCUT2D eigenvalue weighted by molar-refractivity contribution is 0.591. The zero-order valence-corrected chi connectivity index (χ0v) is 17.6. The number of fused-ring (bicyclic) bond motifs is 1. The average Bonchev–Trinajstić information content (AvgIpc) is 3.00. The summed E-state index contributed by atoms with van der Waals surface area (Å²) in [5.74, 6) is 0.435. The monoisotopic (exact) mass is 447 g/mol. The number of hydrogen-bond acceptors (Lipinski definition) is 6. The molecule has 3 heterocycles. The third-order valence-corrected chi connectivity index (χ3v) is 7.53. The second-order valence-electron chi connectivity index (χ2n) is 6.93. The molecule has 158 valence electrons. The molecule has 0 aliphatic carbocycles. The summed E-state index contributed by atoms with van der Waals surface area (Å²) in [6.45, 7) is 0.594. The van der Waals surface area contributed by atoms with Crippen molar-refractivity contribution in [3.63, 3.8) is 0 Å². The Morgan fingerprint density at radius 3 is 2.67 bits per heavy atom. The molecule has 0 fully saturated rings. The van der Waals surface area contributed by atoms with Gasteiger partial charge in [-0.05, 0) is 43.2 Å². The fourth-order valence-corrected chi connectivity index (χ4v) is 5.61. The SMILES string of the molecule is O=S(=O)(NC1=NCCCCC1)c1cccc(NS(=O)(=O)c2c[nH]c3ncccc23)c1. The van der Waals surface area contributed by atoms with E-state index in [1.54, 1.807) is 18.3 Å². The van der Waals surface area contributed by atoms with Gasteiger partial charge in [0, 0.05) is 30.7 Å². The first kappa shape index (κ1) is 20.4. The minimum absolute atomic E-state index is 0.0322. The topological polar surface area (TPSA) is 133 Å². The van der Waals surface area contributed by atoms with Crippen molar-refractivity contribution in [2.75, 3.05) is 11.3 Å². The smallest absolute Gasteiger partial charge is 0.264 e. The maximum absolute atomic E-state index is 12.8. The molecule has 1 aromatic carbocycles. The lowest BCUT2D eigenvalue weighted by atomic mass is 10.2. The van der Waals surface area contributed by atoms with Crippen LogP contribution >= 0.6 is 0 Å². The molecule has 0 radical (unpaired) electrons. The molecular formula is C19H21N5O4S2. The van der Waals surface area contributed by atoms with Crippen LogP contribution < -0.4 is 9.44 Å². The summed E-state index contributed by atoms with van der Waals surface area (Å²) in [6, 6.07) is 8.96. The van der Waals surface area contributed by atoms with Gasteiger partial charge in [-0.1, -0.05) is 12.5 Å². The Bertz CT molecular complexity index is 1310. The Morgan fingerprint density at radius 2 is 1.80 bits per heavy atom. The van der Waals surface area contributed by atoms with Crippen LogP contribution in [0, 0.1) is 0 Å². The predicted molar refractivity (Wildman–Crippen MR) is 114 cm³/mol. The first-order valence-corrected chi connectivity index (χ1v) is 12.4. The van der Waals surface area contributed by atoms with Crippen LogP contribution in [-0.2, 0) is 20.0 Å². The maximum atomic E-state index is 12.8. The molecule has 0 unspecified atom stereocenters. The van der Waals surface area contributed by atoms with Gasteiger partial charge >= 0.3 is 0 Å². The molecule has 0 atom stereocenters. The van der Waals surface area contributed by atoms with Crippen LogP contribution in [0.2, 0.25) is 0 Å². The van der Waals surface area contributed by atoms with Crippen LogP contribution in [0.5, 0.6) is 0 Å². The van der Waals surface area contributed by atoms with Crippen molar-refractivity contribution in [1.29, 1.82) is 0 Å². The van der Waals surface area contributed by atoms with Crippen LogP contribution in [0.4, 0.5) is 5.69 Å². The molecule has 3 N–H and O–H groups in total. The molecule has 1 aliphatic rings. The van der Waals surface area contributed by atoms with Crippen LogP contribution in [0.15, 0.2) is 63.6 Å². The number of benzene rings is 1. The number of anilines is 1. The second kappa shape index (κ2) is 8.07. The Hall–Kier alpha value is -2.92. The third kappa shape index (κ3) is 4.31. The molecule has 0 bridgehead atoms. The number of aromatic nitrogens is 2. The van der Waals surface area contributed by atoms with Gasteiger partial charge in [-0.25, -0.2) is 21.8 Å². The van der Waals surface area contributed by atoms with Gasteiger partial charge in [0.1, 0.15) is 16.4 Å². The summed E-state index contributed by atoms with van der Waals surface area (Å²) in [6.07, 6.45) is 6.30. The van der Waals surface area contributed by atoms with Crippen molar-refractivity contribution < 1.29 is 16.8 Å². The first-order valence-electron chi connectivity index (χ1n) is 9.46. The molecule has 11 heteroatoms. The molecule has 0 amide bonds. The zero-order valence-electron chi connectivity index (χ0n) is 16.0. The number of H-pyrrole nitrogens is 1. The lowest BCUT2D eigenvalue weighted by Gasteiger charge is -2.12. The number of aromatic amines is 1. The fourth-order valence-electron chi connectivity index (χ4n) is 3.26. The lowest BCUT2D eigenvalue weighted by Crippen LogP contribution is -2.30. The fraction of sp³-hybridized carbons (Fsp3) is 0.263. The number of hydrogen-bond donors (Lipinski definition) is 3. The van der Waals surface area contributed by atoms with Gasteiger partial charge in [0.2, 0.25) is 0 Å². The van der Waals surface area contributed by atoms with Gasteiger partial charge in [-0.2, -0.15) is 0 Å². The van der Waals surface area contributed by atoms with E-state index in [0.717, 1.165) is 19.3 Å². The standard InChI is InChI=1S/C19H21N5O4S2/c25-29(26,24-18-9-2-1-3-10-20-18)15-7-4-6-14(12-15)23-30(27,28)17-13-22-19-16(17)8-5-11-21-19/h4-8,11-13,23H,1-3,9-10H2,(H,20,24)(H,21,22).